The van der Waals surface area contributed by atoms with E-state index in [2.05, 4.69) is 0 Å². The first kappa shape index (κ1) is 16.7. The summed E-state index contributed by atoms with van der Waals surface area (Å²) in [7, 11) is 1.67. The van der Waals surface area contributed by atoms with Gasteiger partial charge in [0.15, 0.2) is 6.10 Å². The number of rotatable bonds is 6. The zero-order valence-electron chi connectivity index (χ0n) is 13.5. The van der Waals surface area contributed by atoms with Crippen molar-refractivity contribution in [2.75, 3.05) is 7.11 Å². The summed E-state index contributed by atoms with van der Waals surface area (Å²) in [6.07, 6.45) is -2.55. The molecule has 1 aliphatic rings. The minimum Gasteiger partial charge on any atom is -0.489 e. The molecule has 0 bridgehead atoms. The molecule has 0 radical (unpaired) electrons. The maximum atomic E-state index is 12.7. The van der Waals surface area contributed by atoms with Crippen LogP contribution >= 0.6 is 0 Å². The Morgan fingerprint density at radius 3 is 2.46 bits per heavy atom. The molecule has 1 aliphatic heterocycles. The molecule has 0 N–H and O–H groups in total. The lowest BCUT2D eigenvalue weighted by Gasteiger charge is -2.25. The molecule has 1 heterocycles. The van der Waals surface area contributed by atoms with Crippen molar-refractivity contribution in [1.82, 2.24) is 0 Å². The topological polar surface area (TPSA) is 27.7 Å². The molecule has 128 valence electrons. The van der Waals surface area contributed by atoms with Crippen molar-refractivity contribution in [3.05, 3.63) is 59.2 Å². The van der Waals surface area contributed by atoms with Gasteiger partial charge in [0.2, 0.25) is 0 Å². The third kappa shape index (κ3) is 4.03. The first-order valence-corrected chi connectivity index (χ1v) is 7.93. The minimum atomic E-state index is -2.45. The highest BCUT2D eigenvalue weighted by molar-refractivity contribution is 5.41. The Kier molecular flexibility index (Phi) is 5.30. The van der Waals surface area contributed by atoms with Crippen LogP contribution in [0.25, 0.3) is 0 Å². The van der Waals surface area contributed by atoms with Gasteiger partial charge in [-0.1, -0.05) is 24.3 Å². The molecule has 3 rings (SSSR count). The van der Waals surface area contributed by atoms with E-state index in [1.165, 1.54) is 0 Å². The lowest BCUT2D eigenvalue weighted by molar-refractivity contribution is 0.000539. The minimum absolute atomic E-state index is 0.328. The molecule has 0 spiro atoms. The molecule has 0 aromatic heterocycles. The second kappa shape index (κ2) is 7.62. The number of hydrogen-bond donors (Lipinski definition) is 0. The second-order valence-corrected chi connectivity index (χ2v) is 5.84. The van der Waals surface area contributed by atoms with Crippen LogP contribution in [0.3, 0.4) is 0 Å². The first-order valence-electron chi connectivity index (χ1n) is 7.93. The van der Waals surface area contributed by atoms with Gasteiger partial charge in [-0.2, -0.15) is 0 Å². The van der Waals surface area contributed by atoms with Crippen molar-refractivity contribution in [2.24, 2.45) is 0 Å². The zero-order valence-corrected chi connectivity index (χ0v) is 13.5. The van der Waals surface area contributed by atoms with Crippen molar-refractivity contribution < 1.29 is 23.0 Å². The third-order valence-corrected chi connectivity index (χ3v) is 4.03. The van der Waals surface area contributed by atoms with Crippen LogP contribution < -0.4 is 9.47 Å². The van der Waals surface area contributed by atoms with E-state index in [0.29, 0.717) is 37.6 Å². The quantitative estimate of drug-likeness (QED) is 0.785. The van der Waals surface area contributed by atoms with Crippen LogP contribution in [0.15, 0.2) is 42.5 Å². The Morgan fingerprint density at radius 1 is 1.08 bits per heavy atom. The second-order valence-electron chi connectivity index (χ2n) is 5.84. The first-order chi connectivity index (χ1) is 11.7. The van der Waals surface area contributed by atoms with Crippen LogP contribution in [0, 0.1) is 0 Å². The average Bonchev–Trinajstić information content (AvgIpc) is 2.60. The van der Waals surface area contributed by atoms with E-state index >= 15 is 0 Å². The van der Waals surface area contributed by atoms with Gasteiger partial charge in [-0.05, 0) is 47.7 Å². The van der Waals surface area contributed by atoms with E-state index in [0.717, 1.165) is 16.7 Å². The Hall–Kier alpha value is -2.14. The van der Waals surface area contributed by atoms with Gasteiger partial charge in [0.25, 0.3) is 6.43 Å². The molecule has 24 heavy (non-hydrogen) atoms. The highest BCUT2D eigenvalue weighted by Crippen LogP contribution is 2.32. The molecule has 0 saturated heterocycles. The fourth-order valence-corrected chi connectivity index (χ4v) is 2.72. The van der Waals surface area contributed by atoms with Crippen LogP contribution in [0.5, 0.6) is 11.5 Å². The number of ether oxygens (including phenoxy) is 3. The number of halogens is 2. The summed E-state index contributed by atoms with van der Waals surface area (Å²) in [4.78, 5) is 0. The number of benzene rings is 2. The van der Waals surface area contributed by atoms with Gasteiger partial charge in [0, 0.05) is 7.11 Å². The summed E-state index contributed by atoms with van der Waals surface area (Å²) in [6.45, 7) is 1.04. The number of methoxy groups -OCH3 is 1. The maximum Gasteiger partial charge on any atom is 0.274 e. The molecule has 0 saturated carbocycles. The molecule has 1 atom stereocenters. The van der Waals surface area contributed by atoms with Crippen molar-refractivity contribution in [3.8, 4) is 11.5 Å². The Labute approximate surface area is 140 Å². The summed E-state index contributed by atoms with van der Waals surface area (Å²) in [5, 5.41) is 0. The number of fused-ring (bicyclic) bond motifs is 1. The Morgan fingerprint density at radius 2 is 1.79 bits per heavy atom. The van der Waals surface area contributed by atoms with Gasteiger partial charge in [-0.25, -0.2) is 8.78 Å². The number of aryl methyl sites for hydroxylation is 1. The van der Waals surface area contributed by atoms with Gasteiger partial charge >= 0.3 is 0 Å². The molecule has 0 amide bonds. The molecule has 1 unspecified atom stereocenters. The molecule has 3 nitrogen and oxygen atoms in total. The fourth-order valence-electron chi connectivity index (χ4n) is 2.72. The van der Waals surface area contributed by atoms with Gasteiger partial charge in [0.1, 0.15) is 18.1 Å². The predicted octanol–water partition coefficient (Wildman–Crippen LogP) is 4.37. The SMILES string of the molecule is COCc1ccc(COc2ccc3c(c2)CCC(C(F)F)O3)cc1. The van der Waals surface area contributed by atoms with Crippen LogP contribution in [0.1, 0.15) is 23.1 Å². The summed E-state index contributed by atoms with van der Waals surface area (Å²) >= 11 is 0. The highest BCUT2D eigenvalue weighted by atomic mass is 19.3. The third-order valence-electron chi connectivity index (χ3n) is 4.03. The highest BCUT2D eigenvalue weighted by Gasteiger charge is 2.27. The number of hydrogen-bond acceptors (Lipinski definition) is 3. The molecule has 2 aromatic rings. The summed E-state index contributed by atoms with van der Waals surface area (Å²) < 4.78 is 41.7. The monoisotopic (exact) mass is 334 g/mol. The van der Waals surface area contributed by atoms with Crippen molar-refractivity contribution in [1.29, 1.82) is 0 Å². The van der Waals surface area contributed by atoms with Gasteiger partial charge in [-0.15, -0.1) is 0 Å². The summed E-state index contributed by atoms with van der Waals surface area (Å²) in [5.74, 6) is 1.25. The van der Waals surface area contributed by atoms with Gasteiger partial charge in [-0.3, -0.25) is 0 Å². The van der Waals surface area contributed by atoms with Crippen LogP contribution in [-0.4, -0.2) is 19.6 Å². The van der Waals surface area contributed by atoms with Crippen molar-refractivity contribution in [3.63, 3.8) is 0 Å². The van der Waals surface area contributed by atoms with Crippen LogP contribution in [-0.2, 0) is 24.4 Å². The standard InChI is InChI=1S/C19H20F2O3/c1-22-11-13-2-4-14(5-3-13)12-23-16-7-9-17-15(10-16)6-8-18(24-17)19(20)21/h2-5,7,9-10,18-19H,6,8,11-12H2,1H3. The maximum absolute atomic E-state index is 12.7. The van der Waals surface area contributed by atoms with E-state index in [1.807, 2.05) is 30.3 Å². The zero-order chi connectivity index (χ0) is 16.9. The molecule has 0 fully saturated rings. The smallest absolute Gasteiger partial charge is 0.274 e. The average molecular weight is 334 g/mol. The van der Waals surface area contributed by atoms with E-state index in [-0.39, 0.29) is 0 Å². The van der Waals surface area contributed by atoms with E-state index in [4.69, 9.17) is 14.2 Å². The van der Waals surface area contributed by atoms with E-state index < -0.39 is 12.5 Å². The lowest BCUT2D eigenvalue weighted by atomic mass is 10.0. The Bertz CT molecular complexity index is 671. The van der Waals surface area contributed by atoms with E-state index in [9.17, 15) is 8.78 Å². The van der Waals surface area contributed by atoms with Crippen LogP contribution in [0.2, 0.25) is 0 Å². The molecular formula is C19H20F2O3. The molecule has 0 aliphatic carbocycles. The Balaban J connectivity index is 1.60. The summed E-state index contributed by atoms with van der Waals surface area (Å²) in [6, 6.07) is 13.4. The fraction of sp³-hybridized carbons (Fsp3) is 0.368. The molecular weight excluding hydrogens is 314 g/mol. The van der Waals surface area contributed by atoms with Crippen molar-refractivity contribution in [2.45, 2.75) is 38.6 Å². The normalized spacial score (nSPS) is 16.6. The molecule has 5 heteroatoms. The van der Waals surface area contributed by atoms with Crippen LogP contribution in [0.4, 0.5) is 8.78 Å². The molecule has 2 aromatic carbocycles. The van der Waals surface area contributed by atoms with Gasteiger partial charge in [0.05, 0.1) is 6.61 Å². The predicted molar refractivity (Wildman–Crippen MR) is 86.7 cm³/mol. The van der Waals surface area contributed by atoms with Crippen molar-refractivity contribution >= 4 is 0 Å². The largest absolute Gasteiger partial charge is 0.489 e. The number of alkyl halides is 2. The summed E-state index contributed by atoms with van der Waals surface area (Å²) in [5.41, 5.74) is 3.09. The van der Waals surface area contributed by atoms with E-state index in [1.54, 1.807) is 19.2 Å². The lowest BCUT2D eigenvalue weighted by Crippen LogP contribution is -2.29. The van der Waals surface area contributed by atoms with Gasteiger partial charge < -0.3 is 14.2 Å².